The van der Waals surface area contributed by atoms with E-state index in [1.54, 1.807) is 0 Å². The van der Waals surface area contributed by atoms with E-state index in [4.69, 9.17) is 0 Å². The lowest BCUT2D eigenvalue weighted by Gasteiger charge is -2.11. The van der Waals surface area contributed by atoms with Crippen LogP contribution in [-0.4, -0.2) is 0 Å². The summed E-state index contributed by atoms with van der Waals surface area (Å²) in [6.07, 6.45) is 7.42. The van der Waals surface area contributed by atoms with E-state index in [2.05, 4.69) is 74.0 Å². The first-order valence-corrected chi connectivity index (χ1v) is 7.28. The predicted molar refractivity (Wildman–Crippen MR) is 83.2 cm³/mol. The molecule has 0 N–H and O–H groups in total. The Morgan fingerprint density at radius 3 is 2.16 bits per heavy atom. The number of rotatable bonds is 7. The zero-order chi connectivity index (χ0) is 13.3. The van der Waals surface area contributed by atoms with Crippen molar-refractivity contribution < 1.29 is 0 Å². The minimum absolute atomic E-state index is 0.568. The molecule has 0 heterocycles. The quantitative estimate of drug-likeness (QED) is 0.577. The summed E-state index contributed by atoms with van der Waals surface area (Å²) in [5.74, 6) is 0.568. The Labute approximate surface area is 117 Å². The van der Waals surface area contributed by atoms with Crippen molar-refractivity contribution in [3.05, 3.63) is 78.2 Å². The number of hydrogen-bond donors (Lipinski definition) is 0. The molecule has 0 fully saturated rings. The molecule has 1 atom stereocenters. The molecular formula is C19H23. The molecule has 0 saturated carbocycles. The molecule has 99 valence electrons. The molecule has 0 saturated heterocycles. The Bertz CT molecular complexity index is 444. The van der Waals surface area contributed by atoms with Crippen LogP contribution in [0.2, 0.25) is 0 Å². The van der Waals surface area contributed by atoms with Gasteiger partial charge in [-0.15, -0.1) is 0 Å². The topological polar surface area (TPSA) is 0 Å². The third kappa shape index (κ3) is 4.90. The van der Waals surface area contributed by atoms with Gasteiger partial charge in [-0.3, -0.25) is 0 Å². The maximum Gasteiger partial charge on any atom is -0.0159 e. The van der Waals surface area contributed by atoms with Crippen molar-refractivity contribution in [3.8, 4) is 0 Å². The fourth-order valence-electron chi connectivity index (χ4n) is 2.38. The Balaban J connectivity index is 1.62. The molecule has 0 amide bonds. The van der Waals surface area contributed by atoms with E-state index in [1.165, 1.54) is 36.8 Å². The number of unbranched alkanes of at least 4 members (excludes halogenated alkanes) is 2. The van der Waals surface area contributed by atoms with Crippen molar-refractivity contribution in [2.45, 2.75) is 38.5 Å². The highest BCUT2D eigenvalue weighted by atomic mass is 14.1. The first-order valence-electron chi connectivity index (χ1n) is 7.28. The molecule has 0 aliphatic carbocycles. The fourth-order valence-corrected chi connectivity index (χ4v) is 2.38. The Hall–Kier alpha value is -1.56. The zero-order valence-electron chi connectivity index (χ0n) is 11.8. The maximum atomic E-state index is 2.44. The van der Waals surface area contributed by atoms with Gasteiger partial charge in [-0.1, -0.05) is 74.0 Å². The minimum Gasteiger partial charge on any atom is -0.0622 e. The van der Waals surface area contributed by atoms with Crippen LogP contribution >= 0.6 is 0 Å². The van der Waals surface area contributed by atoms with Gasteiger partial charge < -0.3 is 0 Å². The van der Waals surface area contributed by atoms with Crippen molar-refractivity contribution in [1.29, 1.82) is 0 Å². The van der Waals surface area contributed by atoms with Gasteiger partial charge in [0.1, 0.15) is 0 Å². The summed E-state index contributed by atoms with van der Waals surface area (Å²) in [6.45, 7) is 2.28. The van der Waals surface area contributed by atoms with Gasteiger partial charge in [0.2, 0.25) is 0 Å². The lowest BCUT2D eigenvalue weighted by atomic mass is 9.94. The lowest BCUT2D eigenvalue weighted by Crippen LogP contribution is -1.94. The van der Waals surface area contributed by atoms with E-state index in [9.17, 15) is 0 Å². The van der Waals surface area contributed by atoms with Gasteiger partial charge >= 0.3 is 0 Å². The zero-order valence-corrected chi connectivity index (χ0v) is 11.8. The fraction of sp³-hybridized carbons (Fsp3) is 0.316. The molecule has 2 aromatic carbocycles. The van der Waals surface area contributed by atoms with E-state index < -0.39 is 0 Å². The minimum atomic E-state index is 0.568. The molecule has 1 radical (unpaired) electrons. The molecule has 0 aliphatic heterocycles. The molecule has 2 rings (SSSR count). The monoisotopic (exact) mass is 251 g/mol. The summed E-state index contributed by atoms with van der Waals surface area (Å²) >= 11 is 0. The van der Waals surface area contributed by atoms with E-state index >= 15 is 0 Å². The molecule has 0 nitrogen and oxygen atoms in total. The summed E-state index contributed by atoms with van der Waals surface area (Å²) in [5, 5.41) is 0. The SMILES string of the molecule is CC([CH]CCCCc1ccccc1)c1ccccc1. The third-order valence-corrected chi connectivity index (χ3v) is 3.61. The highest BCUT2D eigenvalue weighted by Gasteiger charge is 2.04. The van der Waals surface area contributed by atoms with Crippen LogP contribution in [0, 0.1) is 6.42 Å². The molecule has 1 unspecified atom stereocenters. The van der Waals surface area contributed by atoms with Gasteiger partial charge in [-0.25, -0.2) is 0 Å². The standard InChI is InChI=1S/C19H23/c1-17(19-15-9-4-10-16-19)11-5-2-6-12-18-13-7-3-8-14-18/h3-4,7-11,13-17H,2,5-6,12H2,1H3. The molecule has 0 aromatic heterocycles. The van der Waals surface area contributed by atoms with Gasteiger partial charge in [-0.05, 0) is 42.7 Å². The first-order chi connectivity index (χ1) is 9.36. The summed E-state index contributed by atoms with van der Waals surface area (Å²) < 4.78 is 0. The van der Waals surface area contributed by atoms with Crippen LogP contribution in [0.1, 0.15) is 43.2 Å². The highest BCUT2D eigenvalue weighted by Crippen LogP contribution is 2.20. The van der Waals surface area contributed by atoms with Gasteiger partial charge in [0.25, 0.3) is 0 Å². The average Bonchev–Trinajstić information content (AvgIpc) is 2.49. The smallest absolute Gasteiger partial charge is 0.0159 e. The van der Waals surface area contributed by atoms with Crippen LogP contribution in [0.5, 0.6) is 0 Å². The number of aryl methyl sites for hydroxylation is 1. The second-order valence-corrected chi connectivity index (χ2v) is 5.17. The molecule has 2 aromatic rings. The van der Waals surface area contributed by atoms with E-state index in [0.717, 1.165) is 0 Å². The average molecular weight is 251 g/mol. The molecule has 19 heavy (non-hydrogen) atoms. The first kappa shape index (κ1) is 13.9. The van der Waals surface area contributed by atoms with Crippen molar-refractivity contribution in [2.24, 2.45) is 0 Å². The number of hydrogen-bond acceptors (Lipinski definition) is 0. The lowest BCUT2D eigenvalue weighted by molar-refractivity contribution is 0.688. The van der Waals surface area contributed by atoms with Gasteiger partial charge in [0.05, 0.1) is 0 Å². The highest BCUT2D eigenvalue weighted by molar-refractivity contribution is 5.21. The van der Waals surface area contributed by atoms with Crippen molar-refractivity contribution in [2.75, 3.05) is 0 Å². The van der Waals surface area contributed by atoms with Gasteiger partial charge in [-0.2, -0.15) is 0 Å². The van der Waals surface area contributed by atoms with E-state index in [-0.39, 0.29) is 0 Å². The Morgan fingerprint density at radius 2 is 1.47 bits per heavy atom. The molecule has 0 heteroatoms. The van der Waals surface area contributed by atoms with Crippen molar-refractivity contribution >= 4 is 0 Å². The third-order valence-electron chi connectivity index (χ3n) is 3.61. The van der Waals surface area contributed by atoms with Crippen LogP contribution in [0.3, 0.4) is 0 Å². The van der Waals surface area contributed by atoms with E-state index in [1.807, 2.05) is 0 Å². The van der Waals surface area contributed by atoms with Gasteiger partial charge in [0.15, 0.2) is 0 Å². The Morgan fingerprint density at radius 1 is 0.842 bits per heavy atom. The second kappa shape index (κ2) is 7.78. The van der Waals surface area contributed by atoms with Crippen LogP contribution < -0.4 is 0 Å². The maximum absolute atomic E-state index is 2.44. The normalized spacial score (nSPS) is 12.3. The Kier molecular flexibility index (Phi) is 5.68. The van der Waals surface area contributed by atoms with Crippen LogP contribution in [-0.2, 0) is 6.42 Å². The summed E-state index contributed by atoms with van der Waals surface area (Å²) in [7, 11) is 0. The van der Waals surface area contributed by atoms with Crippen molar-refractivity contribution in [1.82, 2.24) is 0 Å². The summed E-state index contributed by atoms with van der Waals surface area (Å²) in [5.41, 5.74) is 2.88. The van der Waals surface area contributed by atoms with Crippen LogP contribution in [0.15, 0.2) is 60.7 Å². The summed E-state index contributed by atoms with van der Waals surface area (Å²) in [4.78, 5) is 0. The van der Waals surface area contributed by atoms with Crippen molar-refractivity contribution in [3.63, 3.8) is 0 Å². The van der Waals surface area contributed by atoms with Gasteiger partial charge in [0, 0.05) is 0 Å². The molecule has 0 spiro atoms. The second-order valence-electron chi connectivity index (χ2n) is 5.17. The predicted octanol–water partition coefficient (Wildman–Crippen LogP) is 5.41. The summed E-state index contributed by atoms with van der Waals surface area (Å²) in [6, 6.07) is 21.5. The molecule has 0 aliphatic rings. The van der Waals surface area contributed by atoms with Crippen LogP contribution in [0.25, 0.3) is 0 Å². The largest absolute Gasteiger partial charge is 0.0622 e. The van der Waals surface area contributed by atoms with Crippen LogP contribution in [0.4, 0.5) is 0 Å². The molecule has 0 bridgehead atoms. The number of benzene rings is 2. The molecular weight excluding hydrogens is 228 g/mol. The van der Waals surface area contributed by atoms with E-state index in [0.29, 0.717) is 5.92 Å².